The number of methoxy groups -OCH3 is 1. The number of halogens is 1. The minimum Gasteiger partial charge on any atom is -0.497 e. The molecule has 1 aromatic heterocycles. The van der Waals surface area contributed by atoms with E-state index in [-0.39, 0.29) is 0 Å². The van der Waals surface area contributed by atoms with E-state index in [0.717, 1.165) is 5.56 Å². The summed E-state index contributed by atoms with van der Waals surface area (Å²) in [6.07, 6.45) is 0. The molecule has 2 heterocycles. The Labute approximate surface area is 166 Å². The van der Waals surface area contributed by atoms with Gasteiger partial charge in [-0.3, -0.25) is 4.79 Å². The number of anilines is 1. The summed E-state index contributed by atoms with van der Waals surface area (Å²) in [5.74, 6) is 1.11. The number of rotatable bonds is 4. The number of carbonyl (C=O) groups excluding carboxylic acids is 1. The Morgan fingerprint density at radius 1 is 1.25 bits per heavy atom. The van der Waals surface area contributed by atoms with Crippen molar-refractivity contribution >= 4 is 23.5 Å². The van der Waals surface area contributed by atoms with E-state index in [4.69, 9.17) is 22.1 Å². The number of carbonyl (C=O) groups is 1. The number of hydrogen-bond acceptors (Lipinski definition) is 5. The molecule has 0 spiro atoms. The molecule has 0 saturated heterocycles. The number of aromatic nitrogens is 3. The van der Waals surface area contributed by atoms with Crippen LogP contribution in [0.15, 0.2) is 59.8 Å². The van der Waals surface area contributed by atoms with Crippen LogP contribution in [-0.4, -0.2) is 27.8 Å². The molecule has 28 heavy (non-hydrogen) atoms. The first-order valence-corrected chi connectivity index (χ1v) is 9.00. The summed E-state index contributed by atoms with van der Waals surface area (Å²) in [6.45, 7) is 1.79. The fourth-order valence-corrected chi connectivity index (χ4v) is 3.57. The normalized spacial score (nSPS) is 15.8. The maximum absolute atomic E-state index is 12.3. The van der Waals surface area contributed by atoms with E-state index in [1.54, 1.807) is 24.8 Å². The van der Waals surface area contributed by atoms with Crippen molar-refractivity contribution in [3.05, 3.63) is 70.4 Å². The van der Waals surface area contributed by atoms with Crippen LogP contribution >= 0.6 is 11.6 Å². The van der Waals surface area contributed by atoms with E-state index >= 15 is 0 Å². The second-order valence-electron chi connectivity index (χ2n) is 6.39. The van der Waals surface area contributed by atoms with E-state index in [2.05, 4.69) is 15.4 Å². The molecule has 0 radical (unpaired) electrons. The molecule has 0 aliphatic carbocycles. The highest BCUT2D eigenvalue weighted by molar-refractivity contribution is 6.33. The number of benzene rings is 2. The van der Waals surface area contributed by atoms with Gasteiger partial charge in [0.25, 0.3) is 0 Å². The van der Waals surface area contributed by atoms with Crippen LogP contribution in [0.5, 0.6) is 5.75 Å². The van der Waals surface area contributed by atoms with Gasteiger partial charge in [0, 0.05) is 11.3 Å². The third kappa shape index (κ3) is 2.99. The summed E-state index contributed by atoms with van der Waals surface area (Å²) in [4.78, 5) is 16.8. The van der Waals surface area contributed by atoms with Gasteiger partial charge in [0.1, 0.15) is 11.8 Å². The zero-order valence-corrected chi connectivity index (χ0v) is 16.1. The summed E-state index contributed by atoms with van der Waals surface area (Å²) in [7, 11) is 1.59. The highest BCUT2D eigenvalue weighted by atomic mass is 35.5. The standard InChI is InChI=1S/C20H18ClN5O2/c1-11-16(18(22)27)17(12-6-5-7-13(10-12)28-2)26-20(23-11)24-19(25-26)14-8-3-4-9-15(14)21/h3-10,17H,1-2H3,(H2,22,27)(H,23,24,25)/t17-/m0/s1. The fourth-order valence-electron chi connectivity index (χ4n) is 3.35. The molecule has 0 bridgehead atoms. The summed E-state index contributed by atoms with van der Waals surface area (Å²) in [5.41, 5.74) is 8.26. The largest absolute Gasteiger partial charge is 0.497 e. The minimum absolute atomic E-state index is 0.413. The maximum atomic E-state index is 12.3. The van der Waals surface area contributed by atoms with E-state index in [1.165, 1.54) is 0 Å². The number of nitrogens with zero attached hydrogens (tertiary/aromatic N) is 3. The molecule has 7 nitrogen and oxygen atoms in total. The van der Waals surface area contributed by atoms with Crippen LogP contribution in [0.4, 0.5) is 5.95 Å². The Balaban J connectivity index is 1.90. The van der Waals surface area contributed by atoms with Crippen LogP contribution in [0.1, 0.15) is 18.5 Å². The van der Waals surface area contributed by atoms with Gasteiger partial charge < -0.3 is 15.8 Å². The maximum Gasteiger partial charge on any atom is 0.248 e. The van der Waals surface area contributed by atoms with Gasteiger partial charge in [-0.15, -0.1) is 5.10 Å². The molecule has 3 aromatic rings. The van der Waals surface area contributed by atoms with Gasteiger partial charge in [0.15, 0.2) is 5.82 Å². The van der Waals surface area contributed by atoms with Gasteiger partial charge >= 0.3 is 0 Å². The summed E-state index contributed by atoms with van der Waals surface area (Å²) in [5, 5.41) is 8.31. The van der Waals surface area contributed by atoms with Crippen LogP contribution in [0.2, 0.25) is 5.02 Å². The Kier molecular flexibility index (Phi) is 4.52. The SMILES string of the molecule is COc1cccc([C@H]2C(C(N)=O)=C(C)Nc3nc(-c4ccccc4Cl)nn32)c1. The Morgan fingerprint density at radius 2 is 2.04 bits per heavy atom. The summed E-state index contributed by atoms with van der Waals surface area (Å²) >= 11 is 6.31. The van der Waals surface area contributed by atoms with Crippen molar-refractivity contribution < 1.29 is 9.53 Å². The lowest BCUT2D eigenvalue weighted by molar-refractivity contribution is -0.115. The smallest absolute Gasteiger partial charge is 0.248 e. The van der Waals surface area contributed by atoms with E-state index < -0.39 is 11.9 Å². The molecule has 2 aromatic carbocycles. The molecule has 8 heteroatoms. The molecule has 1 atom stereocenters. The Morgan fingerprint density at radius 3 is 2.75 bits per heavy atom. The predicted octanol–water partition coefficient (Wildman–Crippen LogP) is 3.38. The van der Waals surface area contributed by atoms with Crippen LogP contribution in [0.25, 0.3) is 11.4 Å². The first-order valence-electron chi connectivity index (χ1n) is 8.62. The van der Waals surface area contributed by atoms with Crippen molar-refractivity contribution in [3.8, 4) is 17.1 Å². The van der Waals surface area contributed by atoms with Crippen molar-refractivity contribution in [1.82, 2.24) is 14.8 Å². The molecule has 142 valence electrons. The van der Waals surface area contributed by atoms with Crippen molar-refractivity contribution in [3.63, 3.8) is 0 Å². The Hall–Kier alpha value is -3.32. The minimum atomic E-state index is -0.535. The number of ether oxygens (including phenoxy) is 1. The number of amides is 1. The molecular weight excluding hydrogens is 378 g/mol. The third-order valence-corrected chi connectivity index (χ3v) is 4.97. The molecule has 1 aliphatic rings. The van der Waals surface area contributed by atoms with Crippen LogP contribution in [0.3, 0.4) is 0 Å². The van der Waals surface area contributed by atoms with Crippen molar-refractivity contribution in [2.24, 2.45) is 5.73 Å². The lowest BCUT2D eigenvalue weighted by Crippen LogP contribution is -2.31. The summed E-state index contributed by atoms with van der Waals surface area (Å²) < 4.78 is 6.99. The molecule has 0 fully saturated rings. The van der Waals surface area contributed by atoms with E-state index in [9.17, 15) is 4.79 Å². The average Bonchev–Trinajstić information content (AvgIpc) is 3.10. The van der Waals surface area contributed by atoms with Gasteiger partial charge in [-0.2, -0.15) is 4.98 Å². The van der Waals surface area contributed by atoms with Crippen LogP contribution in [0, 0.1) is 0 Å². The third-order valence-electron chi connectivity index (χ3n) is 4.64. The molecule has 4 rings (SSSR count). The van der Waals surface area contributed by atoms with Gasteiger partial charge in [-0.05, 0) is 36.8 Å². The van der Waals surface area contributed by atoms with Crippen LogP contribution < -0.4 is 15.8 Å². The topological polar surface area (TPSA) is 95.1 Å². The highest BCUT2D eigenvalue weighted by Crippen LogP contribution is 2.37. The highest BCUT2D eigenvalue weighted by Gasteiger charge is 2.33. The first kappa shape index (κ1) is 18.1. The second kappa shape index (κ2) is 7.01. The molecule has 0 saturated carbocycles. The predicted molar refractivity (Wildman–Crippen MR) is 107 cm³/mol. The fraction of sp³-hybridized carbons (Fsp3) is 0.150. The van der Waals surface area contributed by atoms with Gasteiger partial charge in [0.2, 0.25) is 11.9 Å². The lowest BCUT2D eigenvalue weighted by Gasteiger charge is -2.27. The molecule has 1 aliphatic heterocycles. The number of hydrogen-bond donors (Lipinski definition) is 2. The number of primary amides is 1. The zero-order valence-electron chi connectivity index (χ0n) is 15.3. The van der Waals surface area contributed by atoms with Crippen molar-refractivity contribution in [1.29, 1.82) is 0 Å². The molecule has 0 unspecified atom stereocenters. The van der Waals surface area contributed by atoms with Crippen molar-refractivity contribution in [2.45, 2.75) is 13.0 Å². The number of nitrogens with two attached hydrogens (primary N) is 1. The van der Waals surface area contributed by atoms with Gasteiger partial charge in [-0.1, -0.05) is 35.9 Å². The number of allylic oxidation sites excluding steroid dienone is 1. The molecule has 1 amide bonds. The van der Waals surface area contributed by atoms with E-state index in [0.29, 0.717) is 39.4 Å². The van der Waals surface area contributed by atoms with Gasteiger partial charge in [-0.25, -0.2) is 4.68 Å². The Bertz CT molecular complexity index is 1110. The summed E-state index contributed by atoms with van der Waals surface area (Å²) in [6, 6.07) is 14.2. The van der Waals surface area contributed by atoms with E-state index in [1.807, 2.05) is 42.5 Å². The van der Waals surface area contributed by atoms with Gasteiger partial charge in [0.05, 0.1) is 17.7 Å². The quantitative estimate of drug-likeness (QED) is 0.706. The molecular formula is C20H18ClN5O2. The number of nitrogens with one attached hydrogen (secondary N) is 1. The van der Waals surface area contributed by atoms with Crippen LogP contribution in [-0.2, 0) is 4.79 Å². The van der Waals surface area contributed by atoms with Crippen molar-refractivity contribution in [2.75, 3.05) is 12.4 Å². The second-order valence-corrected chi connectivity index (χ2v) is 6.80. The monoisotopic (exact) mass is 395 g/mol. The lowest BCUT2D eigenvalue weighted by atomic mass is 9.95. The zero-order chi connectivity index (χ0) is 19.8. The average molecular weight is 396 g/mol. The first-order chi connectivity index (χ1) is 13.5. The number of fused-ring (bicyclic) bond motifs is 1. The molecule has 3 N–H and O–H groups in total.